The van der Waals surface area contributed by atoms with E-state index in [1.807, 2.05) is 27.1 Å². The molecule has 0 spiro atoms. The van der Waals surface area contributed by atoms with E-state index >= 15 is 0 Å². The smallest absolute Gasteiger partial charge is 0.238 e. The van der Waals surface area contributed by atoms with Crippen LogP contribution in [-0.2, 0) is 11.8 Å². The van der Waals surface area contributed by atoms with Crippen molar-refractivity contribution in [1.29, 1.82) is 0 Å². The summed E-state index contributed by atoms with van der Waals surface area (Å²) in [4.78, 5) is 16.8. The van der Waals surface area contributed by atoms with Gasteiger partial charge in [0.1, 0.15) is 0 Å². The van der Waals surface area contributed by atoms with Gasteiger partial charge < -0.3 is 10.2 Å². The fourth-order valence-electron chi connectivity index (χ4n) is 3.42. The highest BCUT2D eigenvalue weighted by Crippen LogP contribution is 2.23. The maximum atomic E-state index is 12.2. The number of rotatable bonds is 6. The average Bonchev–Trinajstić information content (AvgIpc) is 3.17. The number of anilines is 2. The summed E-state index contributed by atoms with van der Waals surface area (Å²) in [6.07, 6.45) is 2.87. The van der Waals surface area contributed by atoms with Crippen LogP contribution in [0, 0.1) is 12.8 Å². The third kappa shape index (κ3) is 4.39. The second-order valence-electron chi connectivity index (χ2n) is 6.95. The van der Waals surface area contributed by atoms with Crippen LogP contribution in [0.2, 0.25) is 0 Å². The molecule has 1 N–H and O–H groups in total. The van der Waals surface area contributed by atoms with Gasteiger partial charge in [0.25, 0.3) is 0 Å². The first-order chi connectivity index (χ1) is 12.0. The number of carbonyl (C=O) groups is 1. The van der Waals surface area contributed by atoms with Gasteiger partial charge in [-0.05, 0) is 38.4 Å². The topological polar surface area (TPSA) is 53.4 Å². The third-order valence-electron chi connectivity index (χ3n) is 4.90. The zero-order valence-corrected chi connectivity index (χ0v) is 15.3. The second kappa shape index (κ2) is 7.70. The number of likely N-dealkylation sites (N-methyl/N-ethyl adjacent to an activating group) is 1. The molecule has 25 heavy (non-hydrogen) atoms. The van der Waals surface area contributed by atoms with Gasteiger partial charge in [-0.3, -0.25) is 14.4 Å². The summed E-state index contributed by atoms with van der Waals surface area (Å²) in [6.45, 7) is 5.42. The highest BCUT2D eigenvalue weighted by atomic mass is 16.2. The first-order valence-corrected chi connectivity index (χ1v) is 8.80. The molecule has 0 saturated carbocycles. The van der Waals surface area contributed by atoms with Crippen LogP contribution in [0.4, 0.5) is 11.4 Å². The van der Waals surface area contributed by atoms with Crippen molar-refractivity contribution in [3.8, 4) is 0 Å². The number of hydrogen-bond donors (Lipinski definition) is 1. The normalized spacial score (nSPS) is 17.3. The molecular formula is C19H27N5O. The van der Waals surface area contributed by atoms with E-state index < -0.39 is 0 Å². The summed E-state index contributed by atoms with van der Waals surface area (Å²) in [7, 11) is 3.89. The molecule has 1 saturated heterocycles. The lowest BCUT2D eigenvalue weighted by Gasteiger charge is -2.22. The lowest BCUT2D eigenvalue weighted by Crippen LogP contribution is -2.34. The number of amides is 1. The van der Waals surface area contributed by atoms with Crippen LogP contribution in [0.5, 0.6) is 0 Å². The Bertz CT molecular complexity index is 712. The van der Waals surface area contributed by atoms with Crippen molar-refractivity contribution in [2.75, 3.05) is 43.4 Å². The standard InChI is InChI=1S/C19H27N5O/c1-15-18(11-20-23(15)3)21-19(25)14-22(2)12-16-9-10-24(13-16)17-7-5-4-6-8-17/h4-8,11,16H,9-10,12-14H2,1-3H3,(H,21,25). The van der Waals surface area contributed by atoms with Crippen LogP contribution < -0.4 is 10.2 Å². The van der Waals surface area contributed by atoms with E-state index in [0.29, 0.717) is 12.5 Å². The summed E-state index contributed by atoms with van der Waals surface area (Å²) in [5, 5.41) is 7.10. The van der Waals surface area contributed by atoms with E-state index in [0.717, 1.165) is 31.0 Å². The van der Waals surface area contributed by atoms with Gasteiger partial charge in [-0.15, -0.1) is 0 Å². The minimum atomic E-state index is 0.0107. The summed E-state index contributed by atoms with van der Waals surface area (Å²) in [5.41, 5.74) is 3.04. The first-order valence-electron chi connectivity index (χ1n) is 8.80. The van der Waals surface area contributed by atoms with Crippen LogP contribution in [0.1, 0.15) is 12.1 Å². The van der Waals surface area contributed by atoms with Crippen molar-refractivity contribution in [2.24, 2.45) is 13.0 Å². The van der Waals surface area contributed by atoms with Gasteiger partial charge in [-0.2, -0.15) is 5.10 Å². The van der Waals surface area contributed by atoms with Crippen molar-refractivity contribution in [1.82, 2.24) is 14.7 Å². The minimum absolute atomic E-state index is 0.0107. The number of aryl methyl sites for hydroxylation is 1. The molecule has 1 unspecified atom stereocenters. The third-order valence-corrected chi connectivity index (χ3v) is 4.90. The number of nitrogens with zero attached hydrogens (tertiary/aromatic N) is 4. The average molecular weight is 341 g/mol. The lowest BCUT2D eigenvalue weighted by atomic mass is 10.1. The van der Waals surface area contributed by atoms with Gasteiger partial charge in [0.05, 0.1) is 24.1 Å². The predicted molar refractivity (Wildman–Crippen MR) is 101 cm³/mol. The Hall–Kier alpha value is -2.34. The van der Waals surface area contributed by atoms with Gasteiger partial charge in [-0.1, -0.05) is 18.2 Å². The van der Waals surface area contributed by atoms with E-state index in [1.165, 1.54) is 12.1 Å². The van der Waals surface area contributed by atoms with Crippen LogP contribution in [-0.4, -0.2) is 53.8 Å². The molecule has 1 aliphatic rings. The molecule has 1 atom stereocenters. The van der Waals surface area contributed by atoms with Gasteiger partial charge in [-0.25, -0.2) is 0 Å². The molecule has 6 heteroatoms. The number of hydrogen-bond acceptors (Lipinski definition) is 4. The Morgan fingerprint density at radius 3 is 2.80 bits per heavy atom. The van der Waals surface area contributed by atoms with Crippen molar-refractivity contribution >= 4 is 17.3 Å². The molecule has 0 radical (unpaired) electrons. The minimum Gasteiger partial charge on any atom is -0.371 e. The lowest BCUT2D eigenvalue weighted by molar-refractivity contribution is -0.117. The molecule has 1 aliphatic heterocycles. The monoisotopic (exact) mass is 341 g/mol. The summed E-state index contributed by atoms with van der Waals surface area (Å²) < 4.78 is 1.76. The molecule has 1 aromatic carbocycles. The summed E-state index contributed by atoms with van der Waals surface area (Å²) >= 11 is 0. The molecule has 134 valence electrons. The van der Waals surface area contributed by atoms with Gasteiger partial charge in [0.15, 0.2) is 0 Å². The molecule has 1 amide bonds. The maximum absolute atomic E-state index is 12.2. The number of aromatic nitrogens is 2. The van der Waals surface area contributed by atoms with Crippen molar-refractivity contribution in [3.05, 3.63) is 42.2 Å². The first kappa shape index (κ1) is 17.5. The van der Waals surface area contributed by atoms with Crippen molar-refractivity contribution < 1.29 is 4.79 Å². The number of para-hydroxylation sites is 1. The quantitative estimate of drug-likeness (QED) is 0.874. The van der Waals surface area contributed by atoms with Crippen molar-refractivity contribution in [2.45, 2.75) is 13.3 Å². The Kier molecular flexibility index (Phi) is 5.38. The molecule has 1 fully saturated rings. The van der Waals surface area contributed by atoms with E-state index in [4.69, 9.17) is 0 Å². The number of benzene rings is 1. The van der Waals surface area contributed by atoms with E-state index in [-0.39, 0.29) is 5.91 Å². The molecule has 0 bridgehead atoms. The summed E-state index contributed by atoms with van der Waals surface area (Å²) in [6, 6.07) is 10.5. The molecule has 2 heterocycles. The van der Waals surface area contributed by atoms with E-state index in [2.05, 4.69) is 44.5 Å². The van der Waals surface area contributed by atoms with Gasteiger partial charge in [0, 0.05) is 32.4 Å². The highest BCUT2D eigenvalue weighted by molar-refractivity contribution is 5.92. The Morgan fingerprint density at radius 2 is 2.12 bits per heavy atom. The van der Waals surface area contributed by atoms with Gasteiger partial charge >= 0.3 is 0 Å². The van der Waals surface area contributed by atoms with Crippen LogP contribution >= 0.6 is 0 Å². The van der Waals surface area contributed by atoms with E-state index in [9.17, 15) is 4.79 Å². The highest BCUT2D eigenvalue weighted by Gasteiger charge is 2.24. The molecular weight excluding hydrogens is 314 g/mol. The maximum Gasteiger partial charge on any atom is 0.238 e. The zero-order chi connectivity index (χ0) is 17.8. The predicted octanol–water partition coefficient (Wildman–Crippen LogP) is 2.13. The largest absolute Gasteiger partial charge is 0.371 e. The van der Waals surface area contributed by atoms with Gasteiger partial charge in [0.2, 0.25) is 5.91 Å². The van der Waals surface area contributed by atoms with E-state index in [1.54, 1.807) is 10.9 Å². The molecule has 2 aromatic rings. The fourth-order valence-corrected chi connectivity index (χ4v) is 3.42. The zero-order valence-electron chi connectivity index (χ0n) is 15.3. The number of nitrogens with one attached hydrogen (secondary N) is 1. The fraction of sp³-hybridized carbons (Fsp3) is 0.474. The Balaban J connectivity index is 1.46. The van der Waals surface area contributed by atoms with Crippen LogP contribution in [0.15, 0.2) is 36.5 Å². The molecule has 1 aromatic heterocycles. The summed E-state index contributed by atoms with van der Waals surface area (Å²) in [5.74, 6) is 0.606. The molecule has 6 nitrogen and oxygen atoms in total. The number of carbonyl (C=O) groups excluding carboxylic acids is 1. The molecule has 3 rings (SSSR count). The molecule has 0 aliphatic carbocycles. The SMILES string of the molecule is Cc1c(NC(=O)CN(C)CC2CCN(c3ccccc3)C2)cnn1C. The second-order valence-corrected chi connectivity index (χ2v) is 6.95. The Morgan fingerprint density at radius 1 is 1.36 bits per heavy atom. The van der Waals surface area contributed by atoms with Crippen LogP contribution in [0.3, 0.4) is 0 Å². The van der Waals surface area contributed by atoms with Crippen LogP contribution in [0.25, 0.3) is 0 Å². The van der Waals surface area contributed by atoms with Crippen molar-refractivity contribution in [3.63, 3.8) is 0 Å². The Labute approximate surface area is 149 Å².